The summed E-state index contributed by atoms with van der Waals surface area (Å²) >= 11 is 0. The summed E-state index contributed by atoms with van der Waals surface area (Å²) < 4.78 is 2.52. The molecule has 25 heavy (non-hydrogen) atoms. The van der Waals surface area contributed by atoms with Gasteiger partial charge in [0, 0.05) is 6.92 Å². The van der Waals surface area contributed by atoms with E-state index in [9.17, 15) is 0 Å². The number of unbranched alkanes of at least 4 members (excludes halogenated alkanes) is 13. The molecule has 0 aliphatic carbocycles. The van der Waals surface area contributed by atoms with Crippen LogP contribution in [0.3, 0.4) is 0 Å². The molecular formula is C22H43ClN2. The minimum Gasteiger partial charge on any atom is -1.00 e. The third-order valence-corrected chi connectivity index (χ3v) is 5.49. The molecule has 0 fully saturated rings. The number of hydrogen-bond acceptors (Lipinski definition) is 1. The van der Waals surface area contributed by atoms with E-state index in [1.165, 1.54) is 109 Å². The van der Waals surface area contributed by atoms with Crippen molar-refractivity contribution in [3.8, 4) is 0 Å². The minimum atomic E-state index is 0. The zero-order valence-electron chi connectivity index (χ0n) is 17.1. The van der Waals surface area contributed by atoms with Crippen molar-refractivity contribution in [2.24, 2.45) is 0 Å². The maximum Gasteiger partial charge on any atom is 0.248 e. The van der Waals surface area contributed by atoms with Crippen LogP contribution in [-0.2, 0) is 0 Å². The number of hydrogen-bond donors (Lipinski definition) is 0. The molecule has 0 saturated carbocycles. The van der Waals surface area contributed by atoms with Crippen molar-refractivity contribution in [2.45, 2.75) is 104 Å². The van der Waals surface area contributed by atoms with Crippen LogP contribution >= 0.6 is 0 Å². The Labute approximate surface area is 164 Å². The van der Waals surface area contributed by atoms with Crippen LogP contribution in [0.4, 0.5) is 0 Å². The van der Waals surface area contributed by atoms with Crippen molar-refractivity contribution < 1.29 is 17.0 Å². The van der Waals surface area contributed by atoms with Crippen molar-refractivity contribution in [3.63, 3.8) is 0 Å². The molecule has 0 aromatic carbocycles. The summed E-state index contributed by atoms with van der Waals surface area (Å²) in [5.74, 6) is 1.39. The van der Waals surface area contributed by atoms with Gasteiger partial charge in [0.15, 0.2) is 0 Å². The van der Waals surface area contributed by atoms with Crippen LogP contribution in [0.2, 0.25) is 0 Å². The highest BCUT2D eigenvalue weighted by atomic mass is 35.5. The number of amidine groups is 1. The lowest BCUT2D eigenvalue weighted by atomic mass is 10.0. The molecule has 1 aliphatic rings. The van der Waals surface area contributed by atoms with Crippen LogP contribution in [0.5, 0.6) is 0 Å². The molecule has 148 valence electrons. The molecule has 0 atom stereocenters. The first kappa shape index (κ1) is 24.5. The average molecular weight is 371 g/mol. The van der Waals surface area contributed by atoms with E-state index in [-0.39, 0.29) is 12.4 Å². The van der Waals surface area contributed by atoms with Crippen LogP contribution in [0, 0.1) is 0 Å². The van der Waals surface area contributed by atoms with E-state index in [0.717, 1.165) is 6.54 Å². The quantitative estimate of drug-likeness (QED) is 0.298. The van der Waals surface area contributed by atoms with Gasteiger partial charge in [-0.15, -0.1) is 0 Å². The van der Waals surface area contributed by atoms with Gasteiger partial charge in [0.05, 0.1) is 12.7 Å². The van der Waals surface area contributed by atoms with Gasteiger partial charge in [-0.3, -0.25) is 4.58 Å². The van der Waals surface area contributed by atoms with E-state index in [1.807, 2.05) is 6.20 Å². The Morgan fingerprint density at radius 3 is 1.68 bits per heavy atom. The monoisotopic (exact) mass is 370 g/mol. The molecule has 1 heterocycles. The molecule has 0 unspecified atom stereocenters. The van der Waals surface area contributed by atoms with Crippen molar-refractivity contribution >= 4 is 5.84 Å². The van der Waals surface area contributed by atoms with Gasteiger partial charge in [-0.1, -0.05) is 90.6 Å². The first-order valence-corrected chi connectivity index (χ1v) is 10.8. The predicted octanol–water partition coefficient (Wildman–Crippen LogP) is 3.36. The fraction of sp³-hybridized carbons (Fsp3) is 0.864. The molecule has 0 radical (unpaired) electrons. The van der Waals surface area contributed by atoms with E-state index in [4.69, 9.17) is 0 Å². The fourth-order valence-corrected chi connectivity index (χ4v) is 3.73. The van der Waals surface area contributed by atoms with E-state index in [0.29, 0.717) is 0 Å². The summed E-state index contributed by atoms with van der Waals surface area (Å²) in [4.78, 5) is 2.27. The molecule has 0 aromatic rings. The van der Waals surface area contributed by atoms with Gasteiger partial charge in [0.2, 0.25) is 5.84 Å². The molecule has 3 heteroatoms. The van der Waals surface area contributed by atoms with Crippen molar-refractivity contribution in [3.05, 3.63) is 12.8 Å². The summed E-state index contributed by atoms with van der Waals surface area (Å²) in [6.07, 6.45) is 22.1. The standard InChI is InChI=1S/C22H43N2.ClH/c1-4-6-7-8-9-10-11-12-13-14-15-16-17-18-19-24-21-20-23(5-2)22(24)3;/h5H,2,4,6-21H2,1,3H3;1H/q+1;/p-1. The smallest absolute Gasteiger partial charge is 0.248 e. The third kappa shape index (κ3) is 11.7. The lowest BCUT2D eigenvalue weighted by Crippen LogP contribution is -3.00. The molecule has 0 amide bonds. The van der Waals surface area contributed by atoms with E-state index >= 15 is 0 Å². The zero-order chi connectivity index (χ0) is 17.5. The van der Waals surface area contributed by atoms with Gasteiger partial charge in [0.1, 0.15) is 13.1 Å². The molecule has 1 aliphatic heterocycles. The van der Waals surface area contributed by atoms with Crippen LogP contribution in [0.25, 0.3) is 0 Å². The molecule has 1 rings (SSSR count). The van der Waals surface area contributed by atoms with Crippen molar-refractivity contribution in [2.75, 3.05) is 19.6 Å². The Hall–Kier alpha value is -0.500. The maximum absolute atomic E-state index is 3.88. The minimum absolute atomic E-state index is 0. The number of halogens is 1. The van der Waals surface area contributed by atoms with Crippen molar-refractivity contribution in [1.29, 1.82) is 0 Å². The molecule has 2 nitrogen and oxygen atoms in total. The van der Waals surface area contributed by atoms with E-state index < -0.39 is 0 Å². The van der Waals surface area contributed by atoms with Crippen LogP contribution in [0.1, 0.15) is 104 Å². The number of nitrogens with zero attached hydrogens (tertiary/aromatic N) is 2. The largest absolute Gasteiger partial charge is 1.00 e. The summed E-state index contributed by atoms with van der Waals surface area (Å²) in [7, 11) is 0. The Balaban J connectivity index is 0.00000576. The zero-order valence-corrected chi connectivity index (χ0v) is 17.8. The van der Waals surface area contributed by atoms with E-state index in [1.54, 1.807) is 0 Å². The normalized spacial score (nSPS) is 14.1. The van der Waals surface area contributed by atoms with Gasteiger partial charge >= 0.3 is 0 Å². The highest BCUT2D eigenvalue weighted by Gasteiger charge is 2.23. The maximum atomic E-state index is 3.88. The summed E-state index contributed by atoms with van der Waals surface area (Å²) in [6.45, 7) is 11.9. The first-order chi connectivity index (χ1) is 11.8. The first-order valence-electron chi connectivity index (χ1n) is 10.8. The third-order valence-electron chi connectivity index (χ3n) is 5.49. The van der Waals surface area contributed by atoms with Crippen LogP contribution in [0.15, 0.2) is 12.8 Å². The second-order valence-electron chi connectivity index (χ2n) is 7.51. The SMILES string of the molecule is C=CN1CC[N+](CCCCCCCCCCCCCCCC)=C1C.[Cl-]. The van der Waals surface area contributed by atoms with Crippen LogP contribution in [-0.4, -0.2) is 34.9 Å². The highest BCUT2D eigenvalue weighted by molar-refractivity contribution is 5.76. The fourth-order valence-electron chi connectivity index (χ4n) is 3.73. The van der Waals surface area contributed by atoms with Gasteiger partial charge in [-0.05, 0) is 12.8 Å². The molecule has 0 bridgehead atoms. The predicted molar refractivity (Wildman–Crippen MR) is 108 cm³/mol. The molecule has 0 spiro atoms. The van der Waals surface area contributed by atoms with Crippen molar-refractivity contribution in [1.82, 2.24) is 4.90 Å². The Kier molecular flexibility index (Phi) is 16.6. The highest BCUT2D eigenvalue weighted by Crippen LogP contribution is 2.13. The molecule has 0 N–H and O–H groups in total. The summed E-state index contributed by atoms with van der Waals surface area (Å²) in [6, 6.07) is 0. The molecule has 0 saturated heterocycles. The van der Waals surface area contributed by atoms with Gasteiger partial charge in [-0.2, -0.15) is 0 Å². The lowest BCUT2D eigenvalue weighted by Gasteiger charge is -2.05. The summed E-state index contributed by atoms with van der Waals surface area (Å²) in [5.41, 5.74) is 0. The summed E-state index contributed by atoms with van der Waals surface area (Å²) in [5, 5.41) is 0. The van der Waals surface area contributed by atoms with E-state index in [2.05, 4.69) is 29.9 Å². The second kappa shape index (κ2) is 16.9. The molecule has 0 aromatic heterocycles. The Morgan fingerprint density at radius 1 is 0.840 bits per heavy atom. The van der Waals surface area contributed by atoms with Crippen LogP contribution < -0.4 is 12.4 Å². The van der Waals surface area contributed by atoms with Gasteiger partial charge in [0.25, 0.3) is 0 Å². The Bertz CT molecular complexity index is 352. The topological polar surface area (TPSA) is 6.25 Å². The lowest BCUT2D eigenvalue weighted by molar-refractivity contribution is -0.519. The molecular weight excluding hydrogens is 328 g/mol. The Morgan fingerprint density at radius 2 is 1.28 bits per heavy atom. The second-order valence-corrected chi connectivity index (χ2v) is 7.51. The number of rotatable bonds is 16. The van der Waals surface area contributed by atoms with Gasteiger partial charge < -0.3 is 12.4 Å². The average Bonchev–Trinajstić information content (AvgIpc) is 2.95. The van der Waals surface area contributed by atoms with Gasteiger partial charge in [-0.25, -0.2) is 4.90 Å².